The second-order valence-corrected chi connectivity index (χ2v) is 5.19. The van der Waals surface area contributed by atoms with Gasteiger partial charge in [-0.2, -0.15) is 13.2 Å². The van der Waals surface area contributed by atoms with Gasteiger partial charge in [0.05, 0.1) is 6.61 Å². The number of hydrogen-bond donors (Lipinski definition) is 0. The van der Waals surface area contributed by atoms with Gasteiger partial charge in [-0.05, 0) is 26.7 Å². The normalized spacial score (nSPS) is 31.6. The van der Waals surface area contributed by atoms with Crippen LogP contribution >= 0.6 is 11.6 Å². The average molecular weight is 299 g/mol. The van der Waals surface area contributed by atoms with Gasteiger partial charge in [-0.3, -0.25) is 4.79 Å². The standard InChI is InChI=1S/C12H14ClF3O3/c1-3-19-9(18)10(7-17)5-4-8(2)6-11(10,13)12(14,15)16/h4,7H,3,5-6H2,1-2H3. The first-order valence-corrected chi connectivity index (χ1v) is 6.07. The Morgan fingerprint density at radius 2 is 2.16 bits per heavy atom. The molecular weight excluding hydrogens is 285 g/mol. The Bertz CT molecular complexity index is 419. The number of carbonyl (C=O) groups is 2. The van der Waals surface area contributed by atoms with E-state index < -0.39 is 35.3 Å². The molecule has 0 N–H and O–H groups in total. The molecule has 0 saturated carbocycles. The molecule has 0 aromatic rings. The van der Waals surface area contributed by atoms with E-state index in [0.717, 1.165) is 0 Å². The van der Waals surface area contributed by atoms with E-state index in [1.807, 2.05) is 0 Å². The highest BCUT2D eigenvalue weighted by atomic mass is 35.5. The van der Waals surface area contributed by atoms with Gasteiger partial charge in [0.2, 0.25) is 0 Å². The number of rotatable bonds is 3. The molecule has 2 atom stereocenters. The van der Waals surface area contributed by atoms with Crippen LogP contribution in [-0.4, -0.2) is 29.9 Å². The van der Waals surface area contributed by atoms with Gasteiger partial charge in [-0.15, -0.1) is 11.6 Å². The molecule has 0 bridgehead atoms. The molecule has 0 aromatic carbocycles. The first kappa shape index (κ1) is 16.0. The van der Waals surface area contributed by atoms with Gasteiger partial charge < -0.3 is 9.53 Å². The van der Waals surface area contributed by atoms with E-state index in [2.05, 4.69) is 4.74 Å². The lowest BCUT2D eigenvalue weighted by Gasteiger charge is -2.44. The third-order valence-electron chi connectivity index (χ3n) is 3.29. The van der Waals surface area contributed by atoms with E-state index in [1.54, 1.807) is 0 Å². The molecule has 0 saturated heterocycles. The average Bonchev–Trinajstić information content (AvgIpc) is 2.28. The van der Waals surface area contributed by atoms with Crippen LogP contribution in [0.3, 0.4) is 0 Å². The van der Waals surface area contributed by atoms with E-state index in [4.69, 9.17) is 11.6 Å². The Morgan fingerprint density at radius 3 is 2.58 bits per heavy atom. The highest BCUT2D eigenvalue weighted by Gasteiger charge is 2.70. The van der Waals surface area contributed by atoms with Crippen LogP contribution in [0.5, 0.6) is 0 Å². The summed E-state index contributed by atoms with van der Waals surface area (Å²) in [6, 6.07) is 0. The number of alkyl halides is 4. The maximum Gasteiger partial charge on any atom is 0.409 e. The van der Waals surface area contributed by atoms with Crippen molar-refractivity contribution in [2.75, 3.05) is 6.61 Å². The van der Waals surface area contributed by atoms with Gasteiger partial charge in [-0.25, -0.2) is 0 Å². The Morgan fingerprint density at radius 1 is 1.58 bits per heavy atom. The maximum absolute atomic E-state index is 13.3. The van der Waals surface area contributed by atoms with Crippen molar-refractivity contribution in [3.8, 4) is 0 Å². The number of allylic oxidation sites excluding steroid dienone is 2. The Labute approximate surface area is 113 Å². The second kappa shape index (κ2) is 5.15. The number of carbonyl (C=O) groups excluding carboxylic acids is 2. The largest absolute Gasteiger partial charge is 0.465 e. The lowest BCUT2D eigenvalue weighted by molar-refractivity contribution is -0.203. The summed E-state index contributed by atoms with van der Waals surface area (Å²) in [5.41, 5.74) is -2.04. The third kappa shape index (κ3) is 2.38. The summed E-state index contributed by atoms with van der Waals surface area (Å²) in [7, 11) is 0. The zero-order chi connectivity index (χ0) is 14.9. The van der Waals surface area contributed by atoms with Crippen LogP contribution < -0.4 is 0 Å². The van der Waals surface area contributed by atoms with Crippen molar-refractivity contribution in [1.82, 2.24) is 0 Å². The zero-order valence-electron chi connectivity index (χ0n) is 10.5. The van der Waals surface area contributed by atoms with Crippen LogP contribution in [-0.2, 0) is 14.3 Å². The van der Waals surface area contributed by atoms with Crippen molar-refractivity contribution in [3.63, 3.8) is 0 Å². The molecule has 19 heavy (non-hydrogen) atoms. The molecule has 2 unspecified atom stereocenters. The molecule has 108 valence electrons. The lowest BCUT2D eigenvalue weighted by Crippen LogP contribution is -2.60. The lowest BCUT2D eigenvalue weighted by atomic mass is 9.66. The fraction of sp³-hybridized carbons (Fsp3) is 0.667. The Balaban J connectivity index is 3.41. The topological polar surface area (TPSA) is 43.4 Å². The molecular formula is C12H14ClF3O3. The molecule has 0 heterocycles. The molecule has 1 rings (SSSR count). The zero-order valence-corrected chi connectivity index (χ0v) is 11.3. The maximum atomic E-state index is 13.3. The van der Waals surface area contributed by atoms with Crippen LogP contribution in [0.15, 0.2) is 11.6 Å². The minimum Gasteiger partial charge on any atom is -0.465 e. The predicted molar refractivity (Wildman–Crippen MR) is 62.8 cm³/mol. The molecule has 0 fully saturated rings. The van der Waals surface area contributed by atoms with Crippen LogP contribution in [0.4, 0.5) is 13.2 Å². The van der Waals surface area contributed by atoms with Gasteiger partial charge in [0.15, 0.2) is 10.3 Å². The fourth-order valence-electron chi connectivity index (χ4n) is 2.16. The summed E-state index contributed by atoms with van der Waals surface area (Å²) >= 11 is 5.70. The van der Waals surface area contributed by atoms with Crippen molar-refractivity contribution in [1.29, 1.82) is 0 Å². The van der Waals surface area contributed by atoms with Crippen molar-refractivity contribution >= 4 is 23.9 Å². The van der Waals surface area contributed by atoms with Crippen LogP contribution in [0.1, 0.15) is 26.7 Å². The molecule has 1 aliphatic carbocycles. The Kier molecular flexibility index (Phi) is 4.34. The quantitative estimate of drug-likeness (QED) is 0.264. The molecule has 0 aliphatic heterocycles. The van der Waals surface area contributed by atoms with Crippen molar-refractivity contribution in [3.05, 3.63) is 11.6 Å². The van der Waals surface area contributed by atoms with E-state index in [9.17, 15) is 22.8 Å². The number of halogens is 4. The number of aldehydes is 1. The van der Waals surface area contributed by atoms with Crippen LogP contribution in [0.2, 0.25) is 0 Å². The van der Waals surface area contributed by atoms with Gasteiger partial charge in [0.25, 0.3) is 0 Å². The van der Waals surface area contributed by atoms with Gasteiger partial charge in [-0.1, -0.05) is 11.6 Å². The monoisotopic (exact) mass is 298 g/mol. The SMILES string of the molecule is CCOC(=O)C1(C=O)CC=C(C)CC1(Cl)C(F)(F)F. The number of esters is 1. The summed E-state index contributed by atoms with van der Waals surface area (Å²) < 4.78 is 44.4. The first-order chi connectivity index (χ1) is 8.64. The van der Waals surface area contributed by atoms with Crippen LogP contribution in [0.25, 0.3) is 0 Å². The van der Waals surface area contributed by atoms with Gasteiger partial charge in [0.1, 0.15) is 6.29 Å². The van der Waals surface area contributed by atoms with E-state index in [-0.39, 0.29) is 12.9 Å². The second-order valence-electron chi connectivity index (χ2n) is 4.54. The minimum atomic E-state index is -4.91. The molecule has 0 spiro atoms. The summed E-state index contributed by atoms with van der Waals surface area (Å²) in [5, 5.41) is 0. The molecule has 0 amide bonds. The van der Waals surface area contributed by atoms with Crippen LogP contribution in [0, 0.1) is 5.41 Å². The van der Waals surface area contributed by atoms with Crippen molar-refractivity contribution in [2.24, 2.45) is 5.41 Å². The summed E-state index contributed by atoms with van der Waals surface area (Å²) in [5.74, 6) is -1.24. The summed E-state index contributed by atoms with van der Waals surface area (Å²) in [4.78, 5) is 20.1. The third-order valence-corrected chi connectivity index (χ3v) is 3.98. The van der Waals surface area contributed by atoms with Gasteiger partial charge >= 0.3 is 12.1 Å². The molecule has 0 radical (unpaired) electrons. The number of ether oxygens (including phenoxy) is 1. The highest BCUT2D eigenvalue weighted by Crippen LogP contribution is 2.56. The van der Waals surface area contributed by atoms with Gasteiger partial charge in [0, 0.05) is 0 Å². The number of hydrogen-bond acceptors (Lipinski definition) is 3. The van der Waals surface area contributed by atoms with E-state index in [0.29, 0.717) is 5.57 Å². The van der Waals surface area contributed by atoms with Crippen molar-refractivity contribution < 1.29 is 27.5 Å². The van der Waals surface area contributed by atoms with E-state index >= 15 is 0 Å². The smallest absolute Gasteiger partial charge is 0.409 e. The minimum absolute atomic E-state index is 0.0333. The fourth-order valence-corrected chi connectivity index (χ4v) is 2.57. The van der Waals surface area contributed by atoms with E-state index in [1.165, 1.54) is 19.9 Å². The summed E-state index contributed by atoms with van der Waals surface area (Å²) in [6.07, 6.45) is -4.55. The molecule has 3 nitrogen and oxygen atoms in total. The molecule has 1 aliphatic rings. The Hall–Kier alpha value is -1.04. The highest BCUT2D eigenvalue weighted by molar-refractivity contribution is 6.29. The summed E-state index contributed by atoms with van der Waals surface area (Å²) in [6.45, 7) is 2.80. The predicted octanol–water partition coefficient (Wildman–Crippen LogP) is 3.01. The van der Waals surface area contributed by atoms with Crippen molar-refractivity contribution in [2.45, 2.75) is 37.7 Å². The molecule has 0 aromatic heterocycles. The molecule has 7 heteroatoms. The first-order valence-electron chi connectivity index (χ1n) is 5.69.